The summed E-state index contributed by atoms with van der Waals surface area (Å²) < 4.78 is 35.0. The second-order valence-electron chi connectivity index (χ2n) is 17.0. The van der Waals surface area contributed by atoms with Gasteiger partial charge in [0.15, 0.2) is 0 Å². The summed E-state index contributed by atoms with van der Waals surface area (Å²) in [5.41, 5.74) is 2.95. The van der Waals surface area contributed by atoms with Gasteiger partial charge < -0.3 is 38.2 Å². The molecule has 2 fully saturated rings. The average Bonchev–Trinajstić information content (AvgIpc) is 3.13. The number of likely N-dealkylation sites (N-methyl/N-ethyl adjacent to an activating group) is 2. The molecular formula is C43H60N2O9. The fourth-order valence-corrected chi connectivity index (χ4v) is 9.09. The van der Waals surface area contributed by atoms with Crippen molar-refractivity contribution in [3.8, 4) is 11.5 Å². The third-order valence-electron chi connectivity index (χ3n) is 11.6. The molecular weight excluding hydrogens is 688 g/mol. The van der Waals surface area contributed by atoms with E-state index in [4.69, 9.17) is 28.4 Å². The predicted molar refractivity (Wildman–Crippen MR) is 204 cm³/mol. The van der Waals surface area contributed by atoms with Gasteiger partial charge in [0.25, 0.3) is 0 Å². The highest BCUT2D eigenvalue weighted by atomic mass is 16.7. The van der Waals surface area contributed by atoms with Gasteiger partial charge >= 0.3 is 18.5 Å². The highest BCUT2D eigenvalue weighted by Crippen LogP contribution is 2.48. The van der Waals surface area contributed by atoms with Crippen molar-refractivity contribution in [2.75, 3.05) is 40.4 Å². The molecule has 0 spiro atoms. The van der Waals surface area contributed by atoms with Crippen molar-refractivity contribution >= 4 is 18.5 Å². The lowest BCUT2D eigenvalue weighted by atomic mass is 9.70. The van der Waals surface area contributed by atoms with E-state index in [1.807, 2.05) is 52.0 Å². The molecule has 0 N–H and O–H groups in total. The number of nitrogens with zero attached hydrogens (tertiary/aromatic N) is 2. The van der Waals surface area contributed by atoms with Gasteiger partial charge in [-0.2, -0.15) is 0 Å². The molecule has 0 saturated heterocycles. The molecule has 2 saturated carbocycles. The Bertz CT molecular complexity index is 1510. The number of carbonyl (C=O) groups excluding carboxylic acids is 3. The number of carbonyl (C=O) groups is 3. The van der Waals surface area contributed by atoms with E-state index in [0.29, 0.717) is 37.8 Å². The fraction of sp³-hybridized carbons (Fsp3) is 0.651. The third-order valence-corrected chi connectivity index (χ3v) is 11.6. The average molecular weight is 749 g/mol. The summed E-state index contributed by atoms with van der Waals surface area (Å²) >= 11 is 0. The van der Waals surface area contributed by atoms with Crippen LogP contribution in [0.2, 0.25) is 0 Å². The van der Waals surface area contributed by atoms with Crippen LogP contribution in [0.25, 0.3) is 0 Å². The minimum absolute atomic E-state index is 0.0413. The molecule has 2 heterocycles. The molecule has 0 aromatic heterocycles. The molecule has 2 atom stereocenters. The Balaban J connectivity index is 1.16. The minimum atomic E-state index is -0.823. The zero-order valence-corrected chi connectivity index (χ0v) is 33.2. The standard InChI is InChI=1S/C43H60N2O9/c1-29(2)27-49-39(46)53-42(17-9-7-10-18-42)37-25-44(5)23-31-21-33(13-15-35(31)37)51-41(48)52-34-14-16-36-32(22-34)24-45(6)26-38(36)43(19-11-8-12-20-43)54-40(47)50-28-30(3)4/h13-16,21-22,29-30,37-38H,7-12,17-20,23-28H2,1-6H3. The first kappa shape index (κ1) is 39.9. The highest BCUT2D eigenvalue weighted by Gasteiger charge is 2.48. The third kappa shape index (κ3) is 9.51. The molecule has 4 aliphatic rings. The van der Waals surface area contributed by atoms with E-state index in [1.165, 1.54) is 0 Å². The van der Waals surface area contributed by atoms with Gasteiger partial charge in [0.05, 0.1) is 13.2 Å². The van der Waals surface area contributed by atoms with E-state index >= 15 is 0 Å². The van der Waals surface area contributed by atoms with Crippen LogP contribution in [0.5, 0.6) is 11.5 Å². The van der Waals surface area contributed by atoms with Crippen LogP contribution in [-0.2, 0) is 32.0 Å². The molecule has 296 valence electrons. The van der Waals surface area contributed by atoms with Gasteiger partial charge in [0, 0.05) is 38.0 Å². The van der Waals surface area contributed by atoms with Gasteiger partial charge in [-0.05, 0) is 124 Å². The Morgan fingerprint density at radius 2 is 1.00 bits per heavy atom. The highest BCUT2D eigenvalue weighted by molar-refractivity contribution is 5.68. The maximum atomic E-state index is 13.2. The molecule has 0 bridgehead atoms. The summed E-state index contributed by atoms with van der Waals surface area (Å²) in [6.45, 7) is 11.5. The Kier molecular flexibility index (Phi) is 12.8. The molecule has 11 heteroatoms. The van der Waals surface area contributed by atoms with Crippen molar-refractivity contribution < 1.29 is 42.8 Å². The topological polar surface area (TPSA) is 113 Å². The monoisotopic (exact) mass is 748 g/mol. The van der Waals surface area contributed by atoms with Crippen molar-refractivity contribution in [1.82, 2.24) is 9.80 Å². The number of rotatable bonds is 10. The van der Waals surface area contributed by atoms with Gasteiger partial charge in [-0.15, -0.1) is 0 Å². The first-order valence-electron chi connectivity index (χ1n) is 20.1. The Hall–Kier alpha value is -3.83. The molecule has 2 aromatic rings. The Morgan fingerprint density at radius 3 is 1.37 bits per heavy atom. The van der Waals surface area contributed by atoms with Gasteiger partial charge in [0.2, 0.25) is 0 Å². The van der Waals surface area contributed by atoms with Crippen LogP contribution in [0, 0.1) is 11.8 Å². The molecule has 0 radical (unpaired) electrons. The summed E-state index contributed by atoms with van der Waals surface area (Å²) in [7, 11) is 4.12. The van der Waals surface area contributed by atoms with E-state index in [1.54, 1.807) is 12.1 Å². The molecule has 6 rings (SSSR count). The lowest BCUT2D eigenvalue weighted by Crippen LogP contribution is -2.49. The van der Waals surface area contributed by atoms with E-state index in [9.17, 15) is 14.4 Å². The SMILES string of the molecule is CC(C)COC(=O)OC1(C2CN(C)Cc3cc(OC(=O)Oc4ccc5c(c4)CN(C)CC5C4(OC(=O)OCC(C)C)CCCCC4)ccc32)CCCCC1. The molecule has 54 heavy (non-hydrogen) atoms. The molecule has 2 aliphatic carbocycles. The van der Waals surface area contributed by atoms with Crippen molar-refractivity contribution in [2.45, 2.75) is 128 Å². The molecule has 2 aliphatic heterocycles. The summed E-state index contributed by atoms with van der Waals surface area (Å²) in [5, 5.41) is 0. The van der Waals surface area contributed by atoms with Crippen LogP contribution in [0.1, 0.15) is 126 Å². The maximum absolute atomic E-state index is 13.2. The van der Waals surface area contributed by atoms with Crippen LogP contribution in [-0.4, -0.2) is 79.9 Å². The lowest BCUT2D eigenvalue weighted by Gasteiger charge is -2.46. The van der Waals surface area contributed by atoms with Crippen molar-refractivity contribution in [3.63, 3.8) is 0 Å². The molecule has 2 unspecified atom stereocenters. The summed E-state index contributed by atoms with van der Waals surface area (Å²) in [6.07, 6.45) is 7.27. The van der Waals surface area contributed by atoms with E-state index in [0.717, 1.165) is 99.6 Å². The first-order chi connectivity index (χ1) is 25.8. The molecule has 0 amide bonds. The van der Waals surface area contributed by atoms with Crippen LogP contribution in [0.3, 0.4) is 0 Å². The van der Waals surface area contributed by atoms with E-state index < -0.39 is 29.7 Å². The lowest BCUT2D eigenvalue weighted by molar-refractivity contribution is -0.0796. The quantitative estimate of drug-likeness (QED) is 0.171. The Labute approximate surface area is 320 Å². The molecule has 2 aromatic carbocycles. The van der Waals surface area contributed by atoms with Crippen molar-refractivity contribution in [1.29, 1.82) is 0 Å². The predicted octanol–water partition coefficient (Wildman–Crippen LogP) is 9.35. The van der Waals surface area contributed by atoms with Crippen LogP contribution < -0.4 is 9.47 Å². The van der Waals surface area contributed by atoms with Gasteiger partial charge in [-0.3, -0.25) is 0 Å². The number of fused-ring (bicyclic) bond motifs is 2. The zero-order valence-electron chi connectivity index (χ0n) is 33.2. The summed E-state index contributed by atoms with van der Waals surface area (Å²) in [5.74, 6) is 1.14. The summed E-state index contributed by atoms with van der Waals surface area (Å²) in [6, 6.07) is 11.4. The van der Waals surface area contributed by atoms with Gasteiger partial charge in [0.1, 0.15) is 22.7 Å². The largest absolute Gasteiger partial charge is 0.519 e. The van der Waals surface area contributed by atoms with Gasteiger partial charge in [-0.1, -0.05) is 52.7 Å². The number of hydrogen-bond acceptors (Lipinski definition) is 11. The minimum Gasteiger partial charge on any atom is -0.434 e. The second-order valence-corrected chi connectivity index (χ2v) is 17.0. The second kappa shape index (κ2) is 17.3. The normalized spacial score (nSPS) is 22.4. The van der Waals surface area contributed by atoms with Crippen LogP contribution in [0.4, 0.5) is 14.4 Å². The summed E-state index contributed by atoms with van der Waals surface area (Å²) in [4.78, 5) is 43.5. The van der Waals surface area contributed by atoms with Gasteiger partial charge in [-0.25, -0.2) is 14.4 Å². The Morgan fingerprint density at radius 1 is 0.611 bits per heavy atom. The number of benzene rings is 2. The van der Waals surface area contributed by atoms with E-state index in [2.05, 4.69) is 23.9 Å². The van der Waals surface area contributed by atoms with E-state index in [-0.39, 0.29) is 23.7 Å². The number of hydrogen-bond donors (Lipinski definition) is 0. The van der Waals surface area contributed by atoms with Crippen molar-refractivity contribution in [3.05, 3.63) is 58.7 Å². The van der Waals surface area contributed by atoms with Crippen molar-refractivity contribution in [2.24, 2.45) is 11.8 Å². The van der Waals surface area contributed by atoms with Crippen LogP contribution >= 0.6 is 0 Å². The molecule has 11 nitrogen and oxygen atoms in total. The van der Waals surface area contributed by atoms with Crippen LogP contribution in [0.15, 0.2) is 36.4 Å². The zero-order chi connectivity index (χ0) is 38.5. The fourth-order valence-electron chi connectivity index (χ4n) is 9.09. The first-order valence-corrected chi connectivity index (χ1v) is 20.1. The number of ether oxygens (including phenoxy) is 6. The smallest absolute Gasteiger partial charge is 0.434 e. The maximum Gasteiger partial charge on any atom is 0.519 e.